The van der Waals surface area contributed by atoms with Crippen LogP contribution in [0.3, 0.4) is 0 Å². The molecular weight excluding hydrogens is 364 g/mol. The van der Waals surface area contributed by atoms with Crippen molar-refractivity contribution in [2.75, 3.05) is 19.8 Å². The van der Waals surface area contributed by atoms with Crippen LogP contribution in [0, 0.1) is 0 Å². The Bertz CT molecular complexity index is 697. The van der Waals surface area contributed by atoms with Gasteiger partial charge < -0.3 is 20.1 Å². The highest BCUT2D eigenvalue weighted by molar-refractivity contribution is 6.35. The summed E-state index contributed by atoms with van der Waals surface area (Å²) in [5.74, 6) is -1.25. The highest BCUT2D eigenvalue weighted by atomic mass is 16.5. The van der Waals surface area contributed by atoms with Gasteiger partial charge in [0.15, 0.2) is 6.61 Å². The van der Waals surface area contributed by atoms with Gasteiger partial charge in [0.25, 0.3) is 5.91 Å². The summed E-state index contributed by atoms with van der Waals surface area (Å²) >= 11 is 0. The molecule has 1 aromatic carbocycles. The van der Waals surface area contributed by atoms with Crippen molar-refractivity contribution in [3.8, 4) is 5.75 Å². The van der Waals surface area contributed by atoms with Crippen LogP contribution < -0.4 is 20.8 Å². The Labute approximate surface area is 163 Å². The monoisotopic (exact) mass is 390 g/mol. The largest absolute Gasteiger partial charge is 0.484 e. The van der Waals surface area contributed by atoms with Gasteiger partial charge in [-0.2, -0.15) is 5.10 Å². The Kier molecular flexibility index (Phi) is 8.41. The number of amides is 3. The molecule has 1 aromatic rings. The number of ether oxygens (including phenoxy) is 2. The van der Waals surface area contributed by atoms with Crippen molar-refractivity contribution in [2.45, 2.75) is 38.8 Å². The predicted octanol–water partition coefficient (Wildman–Crippen LogP) is 0.335. The van der Waals surface area contributed by atoms with Crippen LogP contribution in [0.4, 0.5) is 0 Å². The van der Waals surface area contributed by atoms with Crippen molar-refractivity contribution >= 4 is 23.9 Å². The van der Waals surface area contributed by atoms with Crippen molar-refractivity contribution < 1.29 is 23.9 Å². The zero-order chi connectivity index (χ0) is 20.4. The zero-order valence-corrected chi connectivity index (χ0v) is 16.1. The van der Waals surface area contributed by atoms with E-state index in [1.165, 1.54) is 6.21 Å². The maximum absolute atomic E-state index is 11.7. The topological polar surface area (TPSA) is 118 Å². The van der Waals surface area contributed by atoms with Crippen molar-refractivity contribution in [3.63, 3.8) is 0 Å². The molecule has 0 saturated carbocycles. The summed E-state index contributed by atoms with van der Waals surface area (Å²) in [7, 11) is 0. The minimum atomic E-state index is -0.842. The van der Waals surface area contributed by atoms with Crippen LogP contribution in [-0.2, 0) is 19.1 Å². The highest BCUT2D eigenvalue weighted by Gasteiger charge is 2.18. The first-order valence-electron chi connectivity index (χ1n) is 9.19. The summed E-state index contributed by atoms with van der Waals surface area (Å²) < 4.78 is 10.7. The van der Waals surface area contributed by atoms with Gasteiger partial charge in [-0.3, -0.25) is 14.4 Å². The lowest BCUT2D eigenvalue weighted by molar-refractivity contribution is -0.139. The van der Waals surface area contributed by atoms with Crippen molar-refractivity contribution in [1.29, 1.82) is 0 Å². The molecule has 3 N–H and O–H groups in total. The van der Waals surface area contributed by atoms with Crippen molar-refractivity contribution in [1.82, 2.24) is 16.1 Å². The molecule has 1 heterocycles. The number of hydrogen-bond donors (Lipinski definition) is 3. The Morgan fingerprint density at radius 2 is 2.00 bits per heavy atom. The summed E-state index contributed by atoms with van der Waals surface area (Å²) in [5, 5.41) is 9.01. The second-order valence-corrected chi connectivity index (χ2v) is 6.62. The third-order valence-corrected chi connectivity index (χ3v) is 3.80. The molecule has 0 radical (unpaired) electrons. The average Bonchev–Trinajstić information content (AvgIpc) is 3.18. The molecule has 1 aliphatic heterocycles. The second-order valence-electron chi connectivity index (χ2n) is 6.62. The molecule has 0 unspecified atom stereocenters. The molecule has 0 spiro atoms. The van der Waals surface area contributed by atoms with Crippen LogP contribution >= 0.6 is 0 Å². The van der Waals surface area contributed by atoms with E-state index in [4.69, 9.17) is 9.47 Å². The SMILES string of the molecule is CC(C)NC(=O)COc1ccc(/C=N\NC(=O)C(=O)NC[C@@H]2CCCO2)cc1. The molecule has 152 valence electrons. The third-order valence-electron chi connectivity index (χ3n) is 3.80. The van der Waals surface area contributed by atoms with E-state index in [0.29, 0.717) is 24.5 Å². The summed E-state index contributed by atoms with van der Waals surface area (Å²) in [5.41, 5.74) is 2.87. The molecule has 0 bridgehead atoms. The van der Waals surface area contributed by atoms with Gasteiger partial charge in [-0.1, -0.05) is 0 Å². The zero-order valence-electron chi connectivity index (χ0n) is 16.1. The van der Waals surface area contributed by atoms with Crippen LogP contribution in [0.5, 0.6) is 5.75 Å². The summed E-state index contributed by atoms with van der Waals surface area (Å²) in [4.78, 5) is 34.9. The van der Waals surface area contributed by atoms with Gasteiger partial charge >= 0.3 is 11.8 Å². The normalized spacial score (nSPS) is 16.2. The number of carbonyl (C=O) groups is 3. The maximum Gasteiger partial charge on any atom is 0.329 e. The molecule has 2 rings (SSSR count). The Hall–Kier alpha value is -2.94. The van der Waals surface area contributed by atoms with Gasteiger partial charge in [-0.25, -0.2) is 5.43 Å². The predicted molar refractivity (Wildman–Crippen MR) is 103 cm³/mol. The van der Waals surface area contributed by atoms with Gasteiger partial charge in [-0.15, -0.1) is 0 Å². The maximum atomic E-state index is 11.7. The number of carbonyl (C=O) groups excluding carboxylic acids is 3. The molecule has 1 saturated heterocycles. The second kappa shape index (κ2) is 11.0. The number of hydrazone groups is 1. The lowest BCUT2D eigenvalue weighted by Crippen LogP contribution is -2.41. The summed E-state index contributed by atoms with van der Waals surface area (Å²) in [6, 6.07) is 6.84. The molecule has 1 aliphatic rings. The Morgan fingerprint density at radius 1 is 1.25 bits per heavy atom. The first-order chi connectivity index (χ1) is 13.4. The fourth-order valence-electron chi connectivity index (χ4n) is 2.47. The van der Waals surface area contributed by atoms with E-state index in [9.17, 15) is 14.4 Å². The average molecular weight is 390 g/mol. The third kappa shape index (κ3) is 7.75. The lowest BCUT2D eigenvalue weighted by Gasteiger charge is -2.10. The first kappa shape index (κ1) is 21.4. The molecule has 9 heteroatoms. The fraction of sp³-hybridized carbons (Fsp3) is 0.474. The Balaban J connectivity index is 1.70. The van der Waals surface area contributed by atoms with Crippen molar-refractivity contribution in [2.24, 2.45) is 5.10 Å². The highest BCUT2D eigenvalue weighted by Crippen LogP contribution is 2.11. The summed E-state index contributed by atoms with van der Waals surface area (Å²) in [6.45, 7) is 4.68. The van der Waals surface area contributed by atoms with Gasteiger partial charge in [0.05, 0.1) is 12.3 Å². The van der Waals surface area contributed by atoms with Crippen LogP contribution in [0.15, 0.2) is 29.4 Å². The summed E-state index contributed by atoms with van der Waals surface area (Å²) in [6.07, 6.45) is 3.21. The van der Waals surface area contributed by atoms with E-state index in [1.54, 1.807) is 24.3 Å². The number of rotatable bonds is 8. The first-order valence-corrected chi connectivity index (χ1v) is 9.19. The van der Waals surface area contributed by atoms with Crippen LogP contribution in [0.25, 0.3) is 0 Å². The molecule has 1 atom stereocenters. The van der Waals surface area contributed by atoms with Crippen LogP contribution in [0.1, 0.15) is 32.3 Å². The van der Waals surface area contributed by atoms with Crippen LogP contribution in [0.2, 0.25) is 0 Å². The smallest absolute Gasteiger partial charge is 0.329 e. The molecular formula is C19H26N4O5. The van der Waals surface area contributed by atoms with Crippen molar-refractivity contribution in [3.05, 3.63) is 29.8 Å². The van der Waals surface area contributed by atoms with Gasteiger partial charge in [0, 0.05) is 19.2 Å². The van der Waals surface area contributed by atoms with E-state index in [1.807, 2.05) is 13.8 Å². The molecule has 3 amide bonds. The standard InChI is InChI=1S/C19H26N4O5/c1-13(2)22-17(24)12-28-15-7-5-14(6-8-15)10-21-23-19(26)18(25)20-11-16-4-3-9-27-16/h5-8,10,13,16H,3-4,9,11-12H2,1-2H3,(H,20,25)(H,22,24)(H,23,26)/b21-10-/t16-/m0/s1. The van der Waals surface area contributed by atoms with E-state index in [2.05, 4.69) is 21.2 Å². The Morgan fingerprint density at radius 3 is 2.64 bits per heavy atom. The van der Waals surface area contributed by atoms with Gasteiger partial charge in [-0.05, 0) is 56.5 Å². The van der Waals surface area contributed by atoms with E-state index < -0.39 is 11.8 Å². The fourth-order valence-corrected chi connectivity index (χ4v) is 2.47. The minimum absolute atomic E-state index is 0.0302. The number of hydrogen-bond acceptors (Lipinski definition) is 6. The minimum Gasteiger partial charge on any atom is -0.484 e. The molecule has 0 aliphatic carbocycles. The van der Waals surface area contributed by atoms with E-state index in [-0.39, 0.29) is 24.7 Å². The van der Waals surface area contributed by atoms with E-state index in [0.717, 1.165) is 12.8 Å². The van der Waals surface area contributed by atoms with Gasteiger partial charge in [0.1, 0.15) is 5.75 Å². The molecule has 1 fully saturated rings. The lowest BCUT2D eigenvalue weighted by atomic mass is 10.2. The van der Waals surface area contributed by atoms with Gasteiger partial charge in [0.2, 0.25) is 0 Å². The quantitative estimate of drug-likeness (QED) is 0.336. The van der Waals surface area contributed by atoms with E-state index >= 15 is 0 Å². The number of nitrogens with one attached hydrogen (secondary N) is 3. The molecule has 28 heavy (non-hydrogen) atoms. The van der Waals surface area contributed by atoms with Crippen LogP contribution in [-0.4, -0.2) is 55.8 Å². The molecule has 0 aromatic heterocycles. The molecule has 9 nitrogen and oxygen atoms in total. The number of benzene rings is 1. The number of nitrogens with zero attached hydrogens (tertiary/aromatic N) is 1.